The third kappa shape index (κ3) is 4.01. The van der Waals surface area contributed by atoms with E-state index in [-0.39, 0.29) is 18.4 Å². The van der Waals surface area contributed by atoms with Crippen molar-refractivity contribution in [2.24, 2.45) is 0 Å². The van der Waals surface area contributed by atoms with Gasteiger partial charge in [0.25, 0.3) is 0 Å². The molecule has 22 heavy (non-hydrogen) atoms. The van der Waals surface area contributed by atoms with E-state index < -0.39 is 0 Å². The minimum absolute atomic E-state index is 0.0463. The van der Waals surface area contributed by atoms with Gasteiger partial charge in [-0.3, -0.25) is 9.89 Å². The van der Waals surface area contributed by atoms with Crippen LogP contribution in [-0.2, 0) is 11.2 Å². The van der Waals surface area contributed by atoms with Crippen molar-refractivity contribution in [3.8, 4) is 5.75 Å². The molecule has 0 aliphatic rings. The molecular formula is C16H20ClN3O2. The summed E-state index contributed by atoms with van der Waals surface area (Å²) >= 11 is 6.16. The number of carbonyl (C=O) groups is 1. The molecule has 0 bridgehead atoms. The Labute approximate surface area is 135 Å². The number of hydrogen-bond acceptors (Lipinski definition) is 3. The predicted molar refractivity (Wildman–Crippen MR) is 87.6 cm³/mol. The Hall–Kier alpha value is -2.01. The quantitative estimate of drug-likeness (QED) is 0.883. The number of anilines is 1. The van der Waals surface area contributed by atoms with Gasteiger partial charge in [0, 0.05) is 16.9 Å². The van der Waals surface area contributed by atoms with Crippen LogP contribution in [0.15, 0.2) is 18.2 Å². The second kappa shape index (κ2) is 6.83. The monoisotopic (exact) mass is 321 g/mol. The van der Waals surface area contributed by atoms with E-state index in [1.54, 1.807) is 18.2 Å². The van der Waals surface area contributed by atoms with Crippen LogP contribution in [0.25, 0.3) is 0 Å². The van der Waals surface area contributed by atoms with Gasteiger partial charge in [0.05, 0.1) is 23.2 Å². The highest BCUT2D eigenvalue weighted by molar-refractivity contribution is 6.32. The van der Waals surface area contributed by atoms with Gasteiger partial charge in [-0.05, 0) is 45.9 Å². The summed E-state index contributed by atoms with van der Waals surface area (Å²) in [6.45, 7) is 7.64. The maximum atomic E-state index is 12.1. The molecule has 6 heteroatoms. The third-order valence-corrected chi connectivity index (χ3v) is 3.49. The number of carbonyl (C=O) groups excluding carboxylic acids is 1. The van der Waals surface area contributed by atoms with E-state index >= 15 is 0 Å². The number of rotatable bonds is 5. The summed E-state index contributed by atoms with van der Waals surface area (Å²) in [5.74, 6) is 0.498. The Morgan fingerprint density at radius 1 is 1.41 bits per heavy atom. The van der Waals surface area contributed by atoms with E-state index in [0.717, 1.165) is 17.0 Å². The third-order valence-electron chi connectivity index (χ3n) is 3.20. The van der Waals surface area contributed by atoms with E-state index in [9.17, 15) is 4.79 Å². The molecule has 0 saturated heterocycles. The van der Waals surface area contributed by atoms with E-state index in [1.165, 1.54) is 0 Å². The van der Waals surface area contributed by atoms with Crippen LogP contribution in [0.2, 0.25) is 5.02 Å². The van der Waals surface area contributed by atoms with Gasteiger partial charge in [0.1, 0.15) is 5.75 Å². The number of aromatic nitrogens is 2. The largest absolute Gasteiger partial charge is 0.489 e. The first kappa shape index (κ1) is 16.4. The first-order chi connectivity index (χ1) is 10.4. The molecule has 1 heterocycles. The topological polar surface area (TPSA) is 67.0 Å². The predicted octanol–water partition coefficient (Wildman–Crippen LogP) is 3.65. The summed E-state index contributed by atoms with van der Waals surface area (Å²) < 4.78 is 5.56. The Kier molecular flexibility index (Phi) is 5.08. The fourth-order valence-electron chi connectivity index (χ4n) is 2.13. The molecule has 0 spiro atoms. The van der Waals surface area contributed by atoms with Gasteiger partial charge in [-0.15, -0.1) is 0 Å². The van der Waals surface area contributed by atoms with Crippen LogP contribution in [-0.4, -0.2) is 22.2 Å². The van der Waals surface area contributed by atoms with E-state index in [4.69, 9.17) is 16.3 Å². The molecule has 0 unspecified atom stereocenters. The van der Waals surface area contributed by atoms with Crippen LogP contribution in [0.3, 0.4) is 0 Å². The van der Waals surface area contributed by atoms with Crippen LogP contribution >= 0.6 is 11.6 Å². The number of hydrogen-bond donors (Lipinski definition) is 2. The zero-order valence-corrected chi connectivity index (χ0v) is 13.9. The highest BCUT2D eigenvalue weighted by Crippen LogP contribution is 2.28. The van der Waals surface area contributed by atoms with Crippen molar-refractivity contribution in [3.63, 3.8) is 0 Å². The molecule has 0 saturated carbocycles. The Bertz CT molecular complexity index is 661. The first-order valence-electron chi connectivity index (χ1n) is 7.13. The average molecular weight is 322 g/mol. The molecule has 2 N–H and O–H groups in total. The minimum atomic E-state index is -0.110. The highest BCUT2D eigenvalue weighted by Gasteiger charge is 2.12. The summed E-state index contributed by atoms with van der Waals surface area (Å²) in [5.41, 5.74) is 3.31. The number of halogens is 1. The van der Waals surface area contributed by atoms with E-state index in [0.29, 0.717) is 16.5 Å². The van der Waals surface area contributed by atoms with Crippen molar-refractivity contribution in [3.05, 3.63) is 40.2 Å². The van der Waals surface area contributed by atoms with E-state index in [1.807, 2.05) is 27.7 Å². The number of benzene rings is 1. The number of aromatic amines is 1. The number of ether oxygens (including phenoxy) is 1. The molecule has 118 valence electrons. The SMILES string of the molecule is Cc1n[nH]c(C)c1CC(=O)Nc1ccc(OC(C)C)c(Cl)c1. The second-order valence-electron chi connectivity index (χ2n) is 5.45. The Balaban J connectivity index is 2.04. The van der Waals surface area contributed by atoms with Crippen LogP contribution in [0.5, 0.6) is 5.75 Å². The van der Waals surface area contributed by atoms with Crippen LogP contribution in [0, 0.1) is 13.8 Å². The molecule has 2 rings (SSSR count). The lowest BCUT2D eigenvalue weighted by Gasteiger charge is -2.12. The lowest BCUT2D eigenvalue weighted by Crippen LogP contribution is -2.15. The van der Waals surface area contributed by atoms with Gasteiger partial charge in [-0.25, -0.2) is 0 Å². The summed E-state index contributed by atoms with van der Waals surface area (Å²) in [5, 5.41) is 10.3. The van der Waals surface area contributed by atoms with Crippen LogP contribution < -0.4 is 10.1 Å². The number of amides is 1. The van der Waals surface area contributed by atoms with Crippen molar-refractivity contribution >= 4 is 23.2 Å². The molecule has 1 amide bonds. The lowest BCUT2D eigenvalue weighted by atomic mass is 10.1. The lowest BCUT2D eigenvalue weighted by molar-refractivity contribution is -0.115. The molecule has 0 radical (unpaired) electrons. The van der Waals surface area contributed by atoms with Crippen molar-refractivity contribution in [1.82, 2.24) is 10.2 Å². The summed E-state index contributed by atoms with van der Waals surface area (Å²) in [7, 11) is 0. The van der Waals surface area contributed by atoms with Gasteiger partial charge in [0.2, 0.25) is 5.91 Å². The zero-order valence-electron chi connectivity index (χ0n) is 13.2. The molecule has 2 aromatic rings. The Morgan fingerprint density at radius 2 is 2.14 bits per heavy atom. The molecular weight excluding hydrogens is 302 g/mol. The smallest absolute Gasteiger partial charge is 0.228 e. The van der Waals surface area contributed by atoms with Crippen molar-refractivity contribution in [2.45, 2.75) is 40.2 Å². The van der Waals surface area contributed by atoms with Gasteiger partial charge in [-0.2, -0.15) is 5.10 Å². The van der Waals surface area contributed by atoms with Gasteiger partial charge >= 0.3 is 0 Å². The maximum Gasteiger partial charge on any atom is 0.228 e. The molecule has 5 nitrogen and oxygen atoms in total. The summed E-state index contributed by atoms with van der Waals surface area (Å²) in [4.78, 5) is 12.1. The van der Waals surface area contributed by atoms with Crippen LogP contribution in [0.4, 0.5) is 5.69 Å². The standard InChI is InChI=1S/C16H20ClN3O2/c1-9(2)22-15-6-5-12(7-14(15)17)18-16(21)8-13-10(3)19-20-11(13)4/h5-7,9H,8H2,1-4H3,(H,18,21)(H,19,20). The minimum Gasteiger partial charge on any atom is -0.489 e. The Morgan fingerprint density at radius 3 is 2.68 bits per heavy atom. The molecule has 1 aromatic carbocycles. The van der Waals surface area contributed by atoms with E-state index in [2.05, 4.69) is 15.5 Å². The number of nitrogens with one attached hydrogen (secondary N) is 2. The molecule has 0 atom stereocenters. The van der Waals surface area contributed by atoms with Crippen molar-refractivity contribution < 1.29 is 9.53 Å². The van der Waals surface area contributed by atoms with Gasteiger partial charge in [-0.1, -0.05) is 11.6 Å². The fourth-order valence-corrected chi connectivity index (χ4v) is 2.35. The zero-order chi connectivity index (χ0) is 16.3. The summed E-state index contributed by atoms with van der Waals surface area (Å²) in [6.07, 6.45) is 0.320. The molecule has 0 fully saturated rings. The molecule has 0 aliphatic heterocycles. The molecule has 0 aliphatic carbocycles. The van der Waals surface area contributed by atoms with Crippen molar-refractivity contribution in [1.29, 1.82) is 0 Å². The van der Waals surface area contributed by atoms with Crippen LogP contribution in [0.1, 0.15) is 30.8 Å². The van der Waals surface area contributed by atoms with Gasteiger partial charge in [0.15, 0.2) is 0 Å². The number of nitrogens with zero attached hydrogens (tertiary/aromatic N) is 1. The number of aryl methyl sites for hydroxylation is 2. The highest BCUT2D eigenvalue weighted by atomic mass is 35.5. The van der Waals surface area contributed by atoms with Crippen molar-refractivity contribution in [2.75, 3.05) is 5.32 Å². The summed E-state index contributed by atoms with van der Waals surface area (Å²) in [6, 6.07) is 5.22. The normalized spacial score (nSPS) is 10.8. The maximum absolute atomic E-state index is 12.1. The second-order valence-corrected chi connectivity index (χ2v) is 5.86. The average Bonchev–Trinajstić information content (AvgIpc) is 2.73. The van der Waals surface area contributed by atoms with Gasteiger partial charge < -0.3 is 10.1 Å². The fraction of sp³-hybridized carbons (Fsp3) is 0.375. The first-order valence-corrected chi connectivity index (χ1v) is 7.51. The molecule has 1 aromatic heterocycles. The number of H-pyrrole nitrogens is 1.